The van der Waals surface area contributed by atoms with Crippen LogP contribution in [0.1, 0.15) is 11.1 Å². The third kappa shape index (κ3) is 2.04. The average Bonchev–Trinajstić information content (AvgIpc) is 2.43. The molecule has 0 fully saturated rings. The molecule has 2 aromatic heterocycles. The normalized spacial score (nSPS) is 11.0. The zero-order valence-corrected chi connectivity index (χ0v) is 11.9. The molecule has 100 valence electrons. The molecule has 0 aliphatic carbocycles. The largest absolute Gasteiger partial charge is 0.255 e. The van der Waals surface area contributed by atoms with Gasteiger partial charge in [-0.3, -0.25) is 4.98 Å². The first kappa shape index (κ1) is 13.0. The Hall–Kier alpha value is -2.00. The van der Waals surface area contributed by atoms with Crippen molar-refractivity contribution in [1.82, 2.24) is 9.97 Å². The van der Waals surface area contributed by atoms with Crippen molar-refractivity contribution in [3.63, 3.8) is 0 Å². The molecular weight excluding hydrogens is 275 g/mol. The summed E-state index contributed by atoms with van der Waals surface area (Å²) in [6.07, 6.45) is 1.70. The Morgan fingerprint density at radius 3 is 2.65 bits per heavy atom. The van der Waals surface area contributed by atoms with E-state index >= 15 is 0 Å². The molecule has 2 nitrogen and oxygen atoms in total. The second-order valence-corrected chi connectivity index (χ2v) is 5.13. The second kappa shape index (κ2) is 4.84. The molecule has 0 spiro atoms. The van der Waals surface area contributed by atoms with Gasteiger partial charge in [0.2, 0.25) is 0 Å². The first-order valence-corrected chi connectivity index (χ1v) is 6.63. The van der Waals surface area contributed by atoms with Gasteiger partial charge in [-0.05, 0) is 49.2 Å². The molecule has 4 heteroatoms. The molecule has 0 unspecified atom stereocenters. The fourth-order valence-corrected chi connectivity index (χ4v) is 2.55. The molecule has 0 aliphatic rings. The molecule has 0 aliphatic heterocycles. The van der Waals surface area contributed by atoms with E-state index in [0.29, 0.717) is 21.6 Å². The maximum Gasteiger partial charge on any atom is 0.134 e. The van der Waals surface area contributed by atoms with Crippen molar-refractivity contribution in [2.24, 2.45) is 0 Å². The van der Waals surface area contributed by atoms with Gasteiger partial charge >= 0.3 is 0 Å². The van der Waals surface area contributed by atoms with Crippen LogP contribution in [-0.4, -0.2) is 9.97 Å². The SMILES string of the molecule is Cc1cc(F)c2c(Cl)c(C)c(-c3ccccn3)nc2c1. The first-order chi connectivity index (χ1) is 9.58. The fraction of sp³-hybridized carbons (Fsp3) is 0.125. The summed E-state index contributed by atoms with van der Waals surface area (Å²) in [5.41, 5.74) is 3.53. The summed E-state index contributed by atoms with van der Waals surface area (Å²) in [5, 5.41) is 0.766. The van der Waals surface area contributed by atoms with Gasteiger partial charge in [0, 0.05) is 6.20 Å². The first-order valence-electron chi connectivity index (χ1n) is 6.25. The van der Waals surface area contributed by atoms with E-state index in [-0.39, 0.29) is 5.82 Å². The number of aryl methyl sites for hydroxylation is 1. The van der Waals surface area contributed by atoms with Gasteiger partial charge in [0.1, 0.15) is 5.82 Å². The van der Waals surface area contributed by atoms with Gasteiger partial charge in [0.25, 0.3) is 0 Å². The van der Waals surface area contributed by atoms with Gasteiger partial charge in [-0.15, -0.1) is 0 Å². The number of hydrogen-bond acceptors (Lipinski definition) is 2. The van der Waals surface area contributed by atoms with Crippen LogP contribution in [0.4, 0.5) is 4.39 Å². The summed E-state index contributed by atoms with van der Waals surface area (Å²) in [7, 11) is 0. The Labute approximate surface area is 121 Å². The smallest absolute Gasteiger partial charge is 0.134 e. The quantitative estimate of drug-likeness (QED) is 0.647. The number of fused-ring (bicyclic) bond motifs is 1. The highest BCUT2D eigenvalue weighted by molar-refractivity contribution is 6.36. The number of pyridine rings is 2. The summed E-state index contributed by atoms with van der Waals surface area (Å²) in [5.74, 6) is -0.340. The molecule has 0 atom stereocenters. The van der Waals surface area contributed by atoms with Crippen molar-refractivity contribution >= 4 is 22.5 Å². The van der Waals surface area contributed by atoms with E-state index in [4.69, 9.17) is 11.6 Å². The van der Waals surface area contributed by atoms with Crippen LogP contribution >= 0.6 is 11.6 Å². The number of rotatable bonds is 1. The third-order valence-electron chi connectivity index (χ3n) is 3.26. The highest BCUT2D eigenvalue weighted by Gasteiger charge is 2.15. The predicted molar refractivity (Wildman–Crippen MR) is 79.4 cm³/mol. The maximum atomic E-state index is 14.1. The van der Waals surface area contributed by atoms with Crippen molar-refractivity contribution in [2.45, 2.75) is 13.8 Å². The Morgan fingerprint density at radius 1 is 1.15 bits per heavy atom. The van der Waals surface area contributed by atoms with Crippen LogP contribution in [0.15, 0.2) is 36.5 Å². The summed E-state index contributed by atoms with van der Waals surface area (Å²) in [6, 6.07) is 8.89. The molecule has 0 bridgehead atoms. The van der Waals surface area contributed by atoms with Gasteiger partial charge in [0.05, 0.1) is 27.3 Å². The molecule has 0 N–H and O–H groups in total. The molecule has 0 amide bonds. The lowest BCUT2D eigenvalue weighted by molar-refractivity contribution is 0.638. The van der Waals surface area contributed by atoms with Crippen LogP contribution in [-0.2, 0) is 0 Å². The van der Waals surface area contributed by atoms with Gasteiger partial charge < -0.3 is 0 Å². The Kier molecular flexibility index (Phi) is 3.14. The van der Waals surface area contributed by atoms with E-state index in [2.05, 4.69) is 9.97 Å². The van der Waals surface area contributed by atoms with Gasteiger partial charge in [-0.25, -0.2) is 9.37 Å². The lowest BCUT2D eigenvalue weighted by Gasteiger charge is -2.11. The van der Waals surface area contributed by atoms with E-state index in [1.807, 2.05) is 38.1 Å². The summed E-state index contributed by atoms with van der Waals surface area (Å²) in [4.78, 5) is 8.83. The highest BCUT2D eigenvalue weighted by atomic mass is 35.5. The minimum atomic E-state index is -0.340. The number of hydrogen-bond donors (Lipinski definition) is 0. The van der Waals surface area contributed by atoms with Crippen molar-refractivity contribution < 1.29 is 4.39 Å². The van der Waals surface area contributed by atoms with E-state index < -0.39 is 0 Å². The Morgan fingerprint density at radius 2 is 1.95 bits per heavy atom. The Bertz CT molecular complexity index is 801. The number of nitrogens with zero attached hydrogens (tertiary/aromatic N) is 2. The van der Waals surface area contributed by atoms with Crippen LogP contribution in [0.5, 0.6) is 0 Å². The monoisotopic (exact) mass is 286 g/mol. The van der Waals surface area contributed by atoms with Crippen LogP contribution in [0.3, 0.4) is 0 Å². The lowest BCUT2D eigenvalue weighted by Crippen LogP contribution is -1.96. The molecule has 2 heterocycles. The summed E-state index contributed by atoms with van der Waals surface area (Å²) in [6.45, 7) is 3.66. The maximum absolute atomic E-state index is 14.1. The zero-order chi connectivity index (χ0) is 14.3. The predicted octanol–water partition coefficient (Wildman–Crippen LogP) is 4.71. The van der Waals surface area contributed by atoms with E-state index in [0.717, 1.165) is 16.8 Å². The summed E-state index contributed by atoms with van der Waals surface area (Å²) >= 11 is 6.33. The van der Waals surface area contributed by atoms with Crippen molar-refractivity contribution in [1.29, 1.82) is 0 Å². The molecule has 1 aromatic carbocycles. The molecular formula is C16H12ClFN2. The molecule has 0 radical (unpaired) electrons. The zero-order valence-electron chi connectivity index (χ0n) is 11.1. The number of benzene rings is 1. The second-order valence-electron chi connectivity index (χ2n) is 4.76. The van der Waals surface area contributed by atoms with Gasteiger partial charge in [0.15, 0.2) is 0 Å². The van der Waals surface area contributed by atoms with Gasteiger partial charge in [-0.2, -0.15) is 0 Å². The minimum Gasteiger partial charge on any atom is -0.255 e. The summed E-state index contributed by atoms with van der Waals surface area (Å²) < 4.78 is 14.1. The van der Waals surface area contributed by atoms with Crippen LogP contribution in [0.2, 0.25) is 5.02 Å². The number of halogens is 2. The highest BCUT2D eigenvalue weighted by Crippen LogP contribution is 2.34. The topological polar surface area (TPSA) is 25.8 Å². The van der Waals surface area contributed by atoms with Crippen molar-refractivity contribution in [3.8, 4) is 11.4 Å². The average molecular weight is 287 g/mol. The number of aromatic nitrogens is 2. The van der Waals surface area contributed by atoms with Crippen LogP contribution < -0.4 is 0 Å². The van der Waals surface area contributed by atoms with Crippen LogP contribution in [0.25, 0.3) is 22.3 Å². The molecule has 0 saturated heterocycles. The van der Waals surface area contributed by atoms with Crippen LogP contribution in [0, 0.1) is 19.7 Å². The minimum absolute atomic E-state index is 0.340. The van der Waals surface area contributed by atoms with Crippen molar-refractivity contribution in [2.75, 3.05) is 0 Å². The standard InChI is InChI=1S/C16H12ClFN2/c1-9-7-11(18)14-13(8-9)20-16(10(2)15(14)17)12-5-3-4-6-19-12/h3-8H,1-2H3. The lowest BCUT2D eigenvalue weighted by atomic mass is 10.1. The molecule has 0 saturated carbocycles. The van der Waals surface area contributed by atoms with Gasteiger partial charge in [-0.1, -0.05) is 17.7 Å². The van der Waals surface area contributed by atoms with E-state index in [9.17, 15) is 4.39 Å². The molecule has 20 heavy (non-hydrogen) atoms. The molecule has 3 rings (SSSR count). The molecule has 3 aromatic rings. The third-order valence-corrected chi connectivity index (χ3v) is 3.73. The van der Waals surface area contributed by atoms with Crippen molar-refractivity contribution in [3.05, 3.63) is 58.5 Å². The Balaban J connectivity index is 2.39. The fourth-order valence-electron chi connectivity index (χ4n) is 2.28. The van der Waals surface area contributed by atoms with E-state index in [1.165, 1.54) is 6.07 Å². The van der Waals surface area contributed by atoms with E-state index in [1.54, 1.807) is 6.20 Å².